The molecule has 0 bridgehead atoms. The summed E-state index contributed by atoms with van der Waals surface area (Å²) in [5.41, 5.74) is 0.997. The van der Waals surface area contributed by atoms with Gasteiger partial charge in [-0.3, -0.25) is 4.90 Å². The van der Waals surface area contributed by atoms with Crippen molar-refractivity contribution in [3.05, 3.63) is 22.7 Å². The lowest BCUT2D eigenvalue weighted by Gasteiger charge is -2.42. The van der Waals surface area contributed by atoms with E-state index in [-0.39, 0.29) is 18.1 Å². The van der Waals surface area contributed by atoms with Crippen molar-refractivity contribution in [2.75, 3.05) is 19.8 Å². The minimum absolute atomic E-state index is 0.225. The lowest BCUT2D eigenvalue weighted by molar-refractivity contribution is -0.0740. The second kappa shape index (κ2) is 7.31. The average Bonchev–Trinajstić information content (AvgIpc) is 3.27. The Hall–Kier alpha value is -1.28. The van der Waals surface area contributed by atoms with Crippen molar-refractivity contribution >= 4 is 11.3 Å². The summed E-state index contributed by atoms with van der Waals surface area (Å²) in [6.07, 6.45) is 4.05. The number of aliphatic hydroxyl groups excluding tert-OH is 1. The van der Waals surface area contributed by atoms with Crippen LogP contribution < -0.4 is 0 Å². The molecule has 1 saturated heterocycles. The van der Waals surface area contributed by atoms with Gasteiger partial charge >= 0.3 is 0 Å². The van der Waals surface area contributed by atoms with Crippen molar-refractivity contribution in [2.45, 2.75) is 44.4 Å². The van der Waals surface area contributed by atoms with E-state index in [1.54, 1.807) is 11.3 Å². The largest absolute Gasteiger partial charge is 0.393 e. The SMILES string of the molecule is O[C@@H]1CCCC[C@@H]1[C@@H]1COCCN1Cc1nc(-c2ccsc2)no1. The van der Waals surface area contributed by atoms with Crippen molar-refractivity contribution < 1.29 is 14.4 Å². The van der Waals surface area contributed by atoms with Crippen LogP contribution in [0.5, 0.6) is 0 Å². The minimum atomic E-state index is -0.225. The summed E-state index contributed by atoms with van der Waals surface area (Å²) in [7, 11) is 0. The number of thiophene rings is 1. The standard InChI is InChI=1S/C17H23N3O3S/c21-15-4-2-1-3-13(15)14-10-22-7-6-20(14)9-16-18-17(19-23-16)12-5-8-24-11-12/h5,8,11,13-15,21H,1-4,6-7,9-10H2/t13-,14+,15-/m1/s1. The van der Waals surface area contributed by atoms with E-state index in [0.717, 1.165) is 31.4 Å². The van der Waals surface area contributed by atoms with E-state index in [4.69, 9.17) is 9.26 Å². The number of aliphatic hydroxyl groups is 1. The van der Waals surface area contributed by atoms with Gasteiger partial charge in [0, 0.05) is 29.4 Å². The fourth-order valence-electron chi connectivity index (χ4n) is 3.84. The minimum Gasteiger partial charge on any atom is -0.393 e. The molecule has 2 aromatic heterocycles. The van der Waals surface area contributed by atoms with Gasteiger partial charge in [0.2, 0.25) is 11.7 Å². The van der Waals surface area contributed by atoms with E-state index in [2.05, 4.69) is 15.0 Å². The van der Waals surface area contributed by atoms with Crippen LogP contribution in [0.2, 0.25) is 0 Å². The first-order valence-corrected chi connectivity index (χ1v) is 9.60. The Bertz CT molecular complexity index is 645. The van der Waals surface area contributed by atoms with Gasteiger partial charge in [-0.25, -0.2) is 0 Å². The highest BCUT2D eigenvalue weighted by Gasteiger charge is 2.36. The van der Waals surface area contributed by atoms with Crippen LogP contribution in [0.1, 0.15) is 31.6 Å². The number of nitrogens with zero attached hydrogens (tertiary/aromatic N) is 3. The lowest BCUT2D eigenvalue weighted by atomic mass is 9.80. The Kier molecular flexibility index (Phi) is 4.93. The van der Waals surface area contributed by atoms with Gasteiger partial charge in [0.1, 0.15) is 0 Å². The van der Waals surface area contributed by atoms with Gasteiger partial charge in [-0.2, -0.15) is 16.3 Å². The molecule has 2 aromatic rings. The second-order valence-electron chi connectivity index (χ2n) is 6.65. The average molecular weight is 349 g/mol. The first kappa shape index (κ1) is 16.2. The Morgan fingerprint density at radius 1 is 1.33 bits per heavy atom. The molecular weight excluding hydrogens is 326 g/mol. The van der Waals surface area contributed by atoms with Gasteiger partial charge in [0.25, 0.3) is 0 Å². The molecule has 7 heteroatoms. The smallest absolute Gasteiger partial charge is 0.241 e. The summed E-state index contributed by atoms with van der Waals surface area (Å²) >= 11 is 1.62. The van der Waals surface area contributed by atoms with Gasteiger partial charge in [-0.05, 0) is 24.3 Å². The molecule has 3 heterocycles. The van der Waals surface area contributed by atoms with Crippen molar-refractivity contribution in [2.24, 2.45) is 5.92 Å². The zero-order valence-corrected chi connectivity index (χ0v) is 14.5. The van der Waals surface area contributed by atoms with E-state index < -0.39 is 0 Å². The zero-order chi connectivity index (χ0) is 16.4. The van der Waals surface area contributed by atoms with Crippen molar-refractivity contribution in [3.63, 3.8) is 0 Å². The highest BCUT2D eigenvalue weighted by molar-refractivity contribution is 7.08. The van der Waals surface area contributed by atoms with Gasteiger partial charge in [-0.15, -0.1) is 0 Å². The summed E-state index contributed by atoms with van der Waals surface area (Å²) in [5.74, 6) is 1.56. The highest BCUT2D eigenvalue weighted by Crippen LogP contribution is 2.31. The number of aromatic nitrogens is 2. The Morgan fingerprint density at radius 2 is 2.25 bits per heavy atom. The van der Waals surface area contributed by atoms with Gasteiger partial charge in [-0.1, -0.05) is 18.0 Å². The molecule has 0 spiro atoms. The monoisotopic (exact) mass is 349 g/mol. The van der Waals surface area contributed by atoms with E-state index in [9.17, 15) is 5.11 Å². The Morgan fingerprint density at radius 3 is 3.08 bits per heavy atom. The Balaban J connectivity index is 1.47. The molecule has 1 saturated carbocycles. The summed E-state index contributed by atoms with van der Waals surface area (Å²) in [5, 5.41) is 18.5. The Labute approximate surface area is 145 Å². The molecule has 0 aromatic carbocycles. The van der Waals surface area contributed by atoms with Crippen LogP contribution in [0.4, 0.5) is 0 Å². The molecule has 1 aliphatic carbocycles. The molecule has 0 unspecified atom stereocenters. The number of ether oxygens (including phenoxy) is 1. The first-order chi connectivity index (χ1) is 11.8. The normalized spacial score (nSPS) is 29.0. The van der Waals surface area contributed by atoms with Crippen molar-refractivity contribution in [1.82, 2.24) is 15.0 Å². The van der Waals surface area contributed by atoms with Crippen LogP contribution in [0, 0.1) is 5.92 Å². The first-order valence-electron chi connectivity index (χ1n) is 8.66. The van der Waals surface area contributed by atoms with E-state index >= 15 is 0 Å². The second-order valence-corrected chi connectivity index (χ2v) is 7.43. The quantitative estimate of drug-likeness (QED) is 0.915. The highest BCUT2D eigenvalue weighted by atomic mass is 32.1. The summed E-state index contributed by atoms with van der Waals surface area (Å²) in [6, 6.07) is 2.22. The fourth-order valence-corrected chi connectivity index (χ4v) is 4.47. The molecule has 130 valence electrons. The molecule has 24 heavy (non-hydrogen) atoms. The third-order valence-electron chi connectivity index (χ3n) is 5.14. The number of morpholine rings is 1. The van der Waals surface area contributed by atoms with Crippen LogP contribution in [-0.4, -0.2) is 52.1 Å². The van der Waals surface area contributed by atoms with Crippen LogP contribution >= 0.6 is 11.3 Å². The van der Waals surface area contributed by atoms with Crippen LogP contribution in [0.25, 0.3) is 11.4 Å². The fraction of sp³-hybridized carbons (Fsp3) is 0.647. The van der Waals surface area contributed by atoms with Gasteiger partial charge < -0.3 is 14.4 Å². The van der Waals surface area contributed by atoms with E-state index in [0.29, 0.717) is 31.5 Å². The predicted octanol–water partition coefficient (Wildman–Crippen LogP) is 2.55. The molecule has 3 atom stereocenters. The van der Waals surface area contributed by atoms with Crippen molar-refractivity contribution in [3.8, 4) is 11.4 Å². The lowest BCUT2D eigenvalue weighted by Crippen LogP contribution is -2.52. The maximum atomic E-state index is 10.4. The zero-order valence-electron chi connectivity index (χ0n) is 13.6. The molecule has 2 fully saturated rings. The summed E-state index contributed by atoms with van der Waals surface area (Å²) < 4.78 is 11.1. The molecule has 1 aliphatic heterocycles. The van der Waals surface area contributed by atoms with Crippen LogP contribution in [0.15, 0.2) is 21.3 Å². The number of rotatable bonds is 4. The van der Waals surface area contributed by atoms with Crippen LogP contribution in [0.3, 0.4) is 0 Å². The van der Waals surface area contributed by atoms with E-state index in [1.807, 2.05) is 16.8 Å². The van der Waals surface area contributed by atoms with Crippen LogP contribution in [-0.2, 0) is 11.3 Å². The van der Waals surface area contributed by atoms with Crippen molar-refractivity contribution in [1.29, 1.82) is 0 Å². The molecule has 2 aliphatic rings. The van der Waals surface area contributed by atoms with Gasteiger partial charge in [0.15, 0.2) is 0 Å². The molecule has 0 amide bonds. The maximum Gasteiger partial charge on any atom is 0.241 e. The molecule has 0 radical (unpaired) electrons. The molecule has 1 N–H and O–H groups in total. The third kappa shape index (κ3) is 3.39. The molecule has 6 nitrogen and oxygen atoms in total. The third-order valence-corrected chi connectivity index (χ3v) is 5.83. The number of hydrogen-bond donors (Lipinski definition) is 1. The predicted molar refractivity (Wildman–Crippen MR) is 90.6 cm³/mol. The maximum absolute atomic E-state index is 10.4. The molecule has 4 rings (SSSR count). The summed E-state index contributed by atoms with van der Waals surface area (Å²) in [6.45, 7) is 2.84. The topological polar surface area (TPSA) is 71.6 Å². The number of hydrogen-bond acceptors (Lipinski definition) is 7. The molecular formula is C17H23N3O3S. The van der Waals surface area contributed by atoms with Gasteiger partial charge in [0.05, 0.1) is 25.9 Å². The summed E-state index contributed by atoms with van der Waals surface area (Å²) in [4.78, 5) is 6.87. The van der Waals surface area contributed by atoms with E-state index in [1.165, 1.54) is 6.42 Å².